The number of halogens is 3. The molecule has 198 valence electrons. The van der Waals surface area contributed by atoms with E-state index in [2.05, 4.69) is 20.5 Å². The summed E-state index contributed by atoms with van der Waals surface area (Å²) < 4.78 is 38.6. The van der Waals surface area contributed by atoms with Gasteiger partial charge in [0.1, 0.15) is 0 Å². The van der Waals surface area contributed by atoms with E-state index in [1.807, 2.05) is 12.1 Å². The summed E-state index contributed by atoms with van der Waals surface area (Å²) in [4.78, 5) is 31.2. The molecule has 1 aromatic carbocycles. The summed E-state index contributed by atoms with van der Waals surface area (Å²) in [5.74, 6) is -0.153. The lowest BCUT2D eigenvalue weighted by molar-refractivity contribution is -0.137. The molecule has 1 aromatic heterocycles. The third kappa shape index (κ3) is 5.65. The maximum absolute atomic E-state index is 12.9. The van der Waals surface area contributed by atoms with Gasteiger partial charge in [0.05, 0.1) is 17.7 Å². The number of likely N-dealkylation sites (tertiary alicyclic amines) is 1. The van der Waals surface area contributed by atoms with E-state index in [-0.39, 0.29) is 24.1 Å². The predicted octanol–water partition coefficient (Wildman–Crippen LogP) is 3.10. The van der Waals surface area contributed by atoms with E-state index in [9.17, 15) is 27.9 Å². The first kappa shape index (κ1) is 25.7. The molecule has 3 unspecified atom stereocenters. The second kappa shape index (κ2) is 10.1. The molecular formula is C27H31F3N4O3. The molecule has 2 aliphatic carbocycles. The van der Waals surface area contributed by atoms with Gasteiger partial charge >= 0.3 is 6.18 Å². The highest BCUT2D eigenvalue weighted by molar-refractivity contribution is 5.96. The largest absolute Gasteiger partial charge is 0.416 e. The Kier molecular flexibility index (Phi) is 6.97. The first-order chi connectivity index (χ1) is 17.6. The lowest BCUT2D eigenvalue weighted by Crippen LogP contribution is -2.44. The smallest absolute Gasteiger partial charge is 0.385 e. The number of carbonyl (C=O) groups excluding carboxylic acids is 2. The molecule has 10 heteroatoms. The summed E-state index contributed by atoms with van der Waals surface area (Å²) in [5, 5.41) is 16.5. The van der Waals surface area contributed by atoms with E-state index < -0.39 is 23.2 Å². The number of amides is 2. The number of fused-ring (bicyclic) bond motifs is 1. The fourth-order valence-electron chi connectivity index (χ4n) is 6.42. The van der Waals surface area contributed by atoms with Crippen LogP contribution in [-0.2, 0) is 16.6 Å². The van der Waals surface area contributed by atoms with Crippen LogP contribution in [0.25, 0.3) is 0 Å². The van der Waals surface area contributed by atoms with E-state index in [4.69, 9.17) is 0 Å². The van der Waals surface area contributed by atoms with E-state index in [1.54, 1.807) is 12.4 Å². The number of carbonyl (C=O) groups is 2. The summed E-state index contributed by atoms with van der Waals surface area (Å²) in [5.41, 5.74) is -0.954. The van der Waals surface area contributed by atoms with E-state index in [1.165, 1.54) is 12.1 Å². The second-order valence-corrected chi connectivity index (χ2v) is 10.6. The second-order valence-electron chi connectivity index (χ2n) is 10.6. The standard InChI is InChI=1S/C27H31F3N4O3/c28-27(29,30)20-4-1-3-17(9-20)25(36)32-15-24(35)33-22-6-8-34(16-22)23-10-18-12-26(37,13-19(18)11-23)21-5-2-7-31-14-21/h1-5,7,9,14,18-19,22-23,37H,6,8,10-13,15-16H2,(H,32,36)(H,33,35)/t18-,19+,22?,23?,26?. The monoisotopic (exact) mass is 516 g/mol. The van der Waals surface area contributed by atoms with Crippen molar-refractivity contribution in [2.24, 2.45) is 11.8 Å². The summed E-state index contributed by atoms with van der Waals surface area (Å²) >= 11 is 0. The van der Waals surface area contributed by atoms with Gasteiger partial charge in [-0.25, -0.2) is 0 Å². The van der Waals surface area contributed by atoms with Crippen molar-refractivity contribution in [3.8, 4) is 0 Å². The van der Waals surface area contributed by atoms with Crippen LogP contribution < -0.4 is 10.6 Å². The van der Waals surface area contributed by atoms with Gasteiger partial charge in [0.25, 0.3) is 5.91 Å². The summed E-state index contributed by atoms with van der Waals surface area (Å²) in [6.45, 7) is 1.30. The van der Waals surface area contributed by atoms with E-state index >= 15 is 0 Å². The minimum Gasteiger partial charge on any atom is -0.385 e. The zero-order valence-electron chi connectivity index (χ0n) is 20.4. The number of nitrogens with zero attached hydrogens (tertiary/aromatic N) is 2. The van der Waals surface area contributed by atoms with Crippen molar-refractivity contribution in [1.82, 2.24) is 20.5 Å². The molecule has 7 nitrogen and oxygen atoms in total. The molecular weight excluding hydrogens is 485 g/mol. The maximum Gasteiger partial charge on any atom is 0.416 e. The Hall–Kier alpha value is -2.98. The van der Waals surface area contributed by atoms with Crippen molar-refractivity contribution in [3.05, 3.63) is 65.5 Å². The number of aliphatic hydroxyl groups is 1. The van der Waals surface area contributed by atoms with Crippen molar-refractivity contribution in [3.63, 3.8) is 0 Å². The highest BCUT2D eigenvalue weighted by Crippen LogP contribution is 2.53. The Morgan fingerprint density at radius 2 is 1.89 bits per heavy atom. The number of nitrogens with one attached hydrogen (secondary N) is 2. The first-order valence-corrected chi connectivity index (χ1v) is 12.7. The lowest BCUT2D eigenvalue weighted by atomic mass is 9.90. The van der Waals surface area contributed by atoms with Crippen LogP contribution in [0.1, 0.15) is 53.6 Å². The molecule has 1 saturated heterocycles. The van der Waals surface area contributed by atoms with Gasteiger partial charge in [0.2, 0.25) is 5.91 Å². The van der Waals surface area contributed by atoms with Gasteiger partial charge in [0.15, 0.2) is 0 Å². The Labute approximate surface area is 213 Å². The molecule has 3 N–H and O–H groups in total. The summed E-state index contributed by atoms with van der Waals surface area (Å²) in [6.07, 6.45) is 3.29. The maximum atomic E-state index is 12.9. The van der Waals surface area contributed by atoms with Crippen LogP contribution in [0.3, 0.4) is 0 Å². The Morgan fingerprint density at radius 3 is 2.57 bits per heavy atom. The third-order valence-corrected chi connectivity index (χ3v) is 8.18. The molecule has 2 aromatic rings. The molecule has 5 rings (SSSR count). The van der Waals surface area contributed by atoms with Gasteiger partial charge in [-0.3, -0.25) is 19.5 Å². The number of pyridine rings is 1. The number of hydrogen-bond donors (Lipinski definition) is 3. The SMILES string of the molecule is O=C(CNC(=O)c1cccc(C(F)(F)F)c1)NC1CCN(C2C[C@@H]3CC(O)(c4cccnc4)C[C@@H]3C2)C1. The highest BCUT2D eigenvalue weighted by atomic mass is 19.4. The molecule has 2 heterocycles. The summed E-state index contributed by atoms with van der Waals surface area (Å²) in [6, 6.07) is 8.32. The van der Waals surface area contributed by atoms with Crippen LogP contribution in [0.15, 0.2) is 48.8 Å². The van der Waals surface area contributed by atoms with Crippen LogP contribution in [0.2, 0.25) is 0 Å². The molecule has 3 fully saturated rings. The van der Waals surface area contributed by atoms with Crippen LogP contribution >= 0.6 is 0 Å². The highest BCUT2D eigenvalue weighted by Gasteiger charge is 2.51. The van der Waals surface area contributed by atoms with Crippen LogP contribution in [0.4, 0.5) is 13.2 Å². The van der Waals surface area contributed by atoms with Gasteiger partial charge in [-0.1, -0.05) is 12.1 Å². The molecule has 5 atom stereocenters. The van der Waals surface area contributed by atoms with Crippen molar-refractivity contribution in [1.29, 1.82) is 0 Å². The quantitative estimate of drug-likeness (QED) is 0.549. The van der Waals surface area contributed by atoms with Gasteiger partial charge in [-0.05, 0) is 68.2 Å². The van der Waals surface area contributed by atoms with Crippen molar-refractivity contribution < 1.29 is 27.9 Å². The van der Waals surface area contributed by atoms with Gasteiger partial charge in [-0.2, -0.15) is 13.2 Å². The summed E-state index contributed by atoms with van der Waals surface area (Å²) in [7, 11) is 0. The Bertz CT molecular complexity index is 1130. The number of benzene rings is 1. The molecule has 0 radical (unpaired) electrons. The normalized spacial score (nSPS) is 29.7. The van der Waals surface area contributed by atoms with Crippen molar-refractivity contribution in [2.75, 3.05) is 19.6 Å². The molecule has 1 aliphatic heterocycles. The van der Waals surface area contributed by atoms with Crippen molar-refractivity contribution >= 4 is 11.8 Å². The average molecular weight is 517 g/mol. The van der Waals surface area contributed by atoms with Gasteiger partial charge < -0.3 is 15.7 Å². The lowest BCUT2D eigenvalue weighted by Gasteiger charge is -2.28. The van der Waals surface area contributed by atoms with E-state index in [0.717, 1.165) is 62.9 Å². The fraction of sp³-hybridized carbons (Fsp3) is 0.519. The van der Waals surface area contributed by atoms with Crippen LogP contribution in [0.5, 0.6) is 0 Å². The van der Waals surface area contributed by atoms with Gasteiger partial charge in [0, 0.05) is 48.7 Å². The molecule has 0 bridgehead atoms. The number of aromatic nitrogens is 1. The average Bonchev–Trinajstić information content (AvgIpc) is 3.56. The molecule has 0 spiro atoms. The molecule has 3 aliphatic rings. The van der Waals surface area contributed by atoms with Crippen LogP contribution in [-0.4, -0.2) is 58.5 Å². The van der Waals surface area contributed by atoms with Crippen LogP contribution in [0, 0.1) is 11.8 Å². The topological polar surface area (TPSA) is 94.6 Å². The fourth-order valence-corrected chi connectivity index (χ4v) is 6.42. The number of hydrogen-bond acceptors (Lipinski definition) is 5. The zero-order chi connectivity index (χ0) is 26.2. The predicted molar refractivity (Wildman–Crippen MR) is 129 cm³/mol. The minimum atomic E-state index is -4.54. The first-order valence-electron chi connectivity index (χ1n) is 12.7. The minimum absolute atomic E-state index is 0.0364. The van der Waals surface area contributed by atoms with E-state index in [0.29, 0.717) is 17.9 Å². The Balaban J connectivity index is 1.06. The number of alkyl halides is 3. The third-order valence-electron chi connectivity index (χ3n) is 8.18. The molecule has 2 saturated carbocycles. The van der Waals surface area contributed by atoms with Gasteiger partial charge in [-0.15, -0.1) is 0 Å². The molecule has 37 heavy (non-hydrogen) atoms. The molecule has 2 amide bonds. The van der Waals surface area contributed by atoms with Crippen molar-refractivity contribution in [2.45, 2.75) is 56.0 Å². The zero-order valence-corrected chi connectivity index (χ0v) is 20.4. The Morgan fingerprint density at radius 1 is 1.14 bits per heavy atom. The number of rotatable bonds is 6.